The Labute approximate surface area is 147 Å². The summed E-state index contributed by atoms with van der Waals surface area (Å²) in [4.78, 5) is 4.30. The normalized spacial score (nSPS) is 11.1. The third-order valence-electron chi connectivity index (χ3n) is 3.85. The van der Waals surface area contributed by atoms with Crippen LogP contribution in [0.5, 0.6) is 0 Å². The van der Waals surface area contributed by atoms with Gasteiger partial charge in [0.2, 0.25) is 5.16 Å². The first-order chi connectivity index (χ1) is 12.2. The predicted molar refractivity (Wildman–Crippen MR) is 96.9 cm³/mol. The Morgan fingerprint density at radius 3 is 2.68 bits per heavy atom. The highest BCUT2D eigenvalue weighted by atomic mass is 32.2. The van der Waals surface area contributed by atoms with Gasteiger partial charge in [0.25, 0.3) is 0 Å². The van der Waals surface area contributed by atoms with Crippen molar-refractivity contribution in [2.45, 2.75) is 10.9 Å². The maximum atomic E-state index is 13.9. The quantitative estimate of drug-likeness (QED) is 0.449. The van der Waals surface area contributed by atoms with Crippen LogP contribution in [-0.4, -0.2) is 19.9 Å². The number of aromatic nitrogens is 4. The van der Waals surface area contributed by atoms with E-state index in [4.69, 9.17) is 5.84 Å². The van der Waals surface area contributed by atoms with Crippen molar-refractivity contribution >= 4 is 22.7 Å². The van der Waals surface area contributed by atoms with Crippen LogP contribution in [0.4, 0.5) is 4.39 Å². The van der Waals surface area contributed by atoms with E-state index in [1.165, 1.54) is 22.5 Å². The number of nitrogens with two attached hydrogens (primary N) is 1. The van der Waals surface area contributed by atoms with E-state index >= 15 is 0 Å². The summed E-state index contributed by atoms with van der Waals surface area (Å²) in [6.07, 6.45) is 1.66. The Morgan fingerprint density at radius 2 is 1.84 bits per heavy atom. The maximum absolute atomic E-state index is 13.9. The molecule has 124 valence electrons. The SMILES string of the molecule is Nn1c(SCc2ccc(F)c3cccnc23)nnc1-c1ccccc1. The number of nitrogen functional groups attached to an aromatic ring is 1. The molecule has 25 heavy (non-hydrogen) atoms. The molecular weight excluding hydrogens is 337 g/mol. The molecule has 0 unspecified atom stereocenters. The highest BCUT2D eigenvalue weighted by molar-refractivity contribution is 7.98. The highest BCUT2D eigenvalue weighted by Crippen LogP contribution is 2.27. The van der Waals surface area contributed by atoms with Crippen LogP contribution in [0.3, 0.4) is 0 Å². The number of pyridine rings is 1. The number of benzene rings is 2. The highest BCUT2D eigenvalue weighted by Gasteiger charge is 2.13. The van der Waals surface area contributed by atoms with Crippen LogP contribution < -0.4 is 5.84 Å². The minimum Gasteiger partial charge on any atom is -0.335 e. The average molecular weight is 351 g/mol. The van der Waals surface area contributed by atoms with Crippen molar-refractivity contribution in [3.8, 4) is 11.4 Å². The van der Waals surface area contributed by atoms with Crippen LogP contribution in [0.2, 0.25) is 0 Å². The van der Waals surface area contributed by atoms with Gasteiger partial charge < -0.3 is 5.84 Å². The molecule has 2 N–H and O–H groups in total. The van der Waals surface area contributed by atoms with E-state index in [0.29, 0.717) is 27.6 Å². The summed E-state index contributed by atoms with van der Waals surface area (Å²) < 4.78 is 15.4. The molecule has 7 heteroatoms. The standard InChI is InChI=1S/C18H14FN5S/c19-15-9-8-13(16-14(15)7-4-10-21-16)11-25-18-23-22-17(24(18)20)12-5-2-1-3-6-12/h1-10H,11,20H2. The van der Waals surface area contributed by atoms with Crippen molar-refractivity contribution in [1.82, 2.24) is 19.9 Å². The monoisotopic (exact) mass is 351 g/mol. The third-order valence-corrected chi connectivity index (χ3v) is 4.85. The molecule has 0 radical (unpaired) electrons. The molecular formula is C18H14FN5S. The van der Waals surface area contributed by atoms with Crippen LogP contribution in [0.25, 0.3) is 22.3 Å². The molecule has 2 aromatic heterocycles. The zero-order chi connectivity index (χ0) is 17.2. The average Bonchev–Trinajstić information content (AvgIpc) is 3.03. The molecule has 5 nitrogen and oxygen atoms in total. The van der Waals surface area contributed by atoms with Gasteiger partial charge in [-0.15, -0.1) is 10.2 Å². The van der Waals surface area contributed by atoms with Gasteiger partial charge >= 0.3 is 0 Å². The fraction of sp³-hybridized carbons (Fsp3) is 0.0556. The van der Waals surface area contributed by atoms with Gasteiger partial charge in [-0.25, -0.2) is 9.07 Å². The molecule has 2 heterocycles. The van der Waals surface area contributed by atoms with E-state index in [0.717, 1.165) is 11.1 Å². The number of halogens is 1. The summed E-state index contributed by atoms with van der Waals surface area (Å²) in [5, 5.41) is 9.43. The number of nitrogens with zero attached hydrogens (tertiary/aromatic N) is 4. The minimum absolute atomic E-state index is 0.273. The lowest BCUT2D eigenvalue weighted by atomic mass is 10.1. The van der Waals surface area contributed by atoms with Crippen LogP contribution in [0.1, 0.15) is 5.56 Å². The summed E-state index contributed by atoms with van der Waals surface area (Å²) in [6, 6.07) is 16.3. The van der Waals surface area contributed by atoms with Crippen molar-refractivity contribution in [2.75, 3.05) is 5.84 Å². The summed E-state index contributed by atoms with van der Waals surface area (Å²) in [5.74, 6) is 7.03. The Balaban J connectivity index is 1.61. The summed E-state index contributed by atoms with van der Waals surface area (Å²) >= 11 is 1.44. The van der Waals surface area contributed by atoms with Crippen molar-refractivity contribution in [2.24, 2.45) is 0 Å². The van der Waals surface area contributed by atoms with Gasteiger partial charge in [-0.2, -0.15) is 0 Å². The second kappa shape index (κ2) is 6.52. The molecule has 4 rings (SSSR count). The lowest BCUT2D eigenvalue weighted by Crippen LogP contribution is -2.11. The van der Waals surface area contributed by atoms with E-state index < -0.39 is 0 Å². The van der Waals surface area contributed by atoms with Crippen molar-refractivity contribution in [1.29, 1.82) is 0 Å². The van der Waals surface area contributed by atoms with Gasteiger partial charge in [-0.1, -0.05) is 48.2 Å². The number of hydrogen-bond acceptors (Lipinski definition) is 5. The molecule has 0 amide bonds. The molecule has 0 saturated carbocycles. The van der Waals surface area contributed by atoms with Crippen LogP contribution >= 0.6 is 11.8 Å². The smallest absolute Gasteiger partial charge is 0.210 e. The fourth-order valence-electron chi connectivity index (χ4n) is 2.61. The first-order valence-electron chi connectivity index (χ1n) is 7.65. The third kappa shape index (κ3) is 2.94. The van der Waals surface area contributed by atoms with Crippen molar-refractivity contribution < 1.29 is 4.39 Å². The zero-order valence-electron chi connectivity index (χ0n) is 13.1. The number of hydrogen-bond donors (Lipinski definition) is 1. The molecule has 0 atom stereocenters. The van der Waals surface area contributed by atoms with Crippen molar-refractivity contribution in [3.63, 3.8) is 0 Å². The Bertz CT molecular complexity index is 1030. The van der Waals surface area contributed by atoms with E-state index in [-0.39, 0.29) is 5.82 Å². The summed E-state index contributed by atoms with van der Waals surface area (Å²) in [5.41, 5.74) is 2.48. The topological polar surface area (TPSA) is 69.6 Å². The molecule has 0 spiro atoms. The van der Waals surface area contributed by atoms with E-state index in [1.807, 2.05) is 30.3 Å². The van der Waals surface area contributed by atoms with Gasteiger partial charge in [-0.05, 0) is 23.8 Å². The first kappa shape index (κ1) is 15.6. The summed E-state index contributed by atoms with van der Waals surface area (Å²) in [7, 11) is 0. The molecule has 0 aliphatic carbocycles. The maximum Gasteiger partial charge on any atom is 0.210 e. The predicted octanol–water partition coefficient (Wildman–Crippen LogP) is 3.64. The minimum atomic E-state index is -0.273. The molecule has 0 aliphatic rings. The number of fused-ring (bicyclic) bond motifs is 1. The lowest BCUT2D eigenvalue weighted by Gasteiger charge is -2.07. The van der Waals surface area contributed by atoms with Gasteiger partial charge in [-0.3, -0.25) is 4.98 Å². The first-order valence-corrected chi connectivity index (χ1v) is 8.63. The molecule has 4 aromatic rings. The second-order valence-corrected chi connectivity index (χ2v) is 6.38. The molecule has 0 aliphatic heterocycles. The molecule has 0 bridgehead atoms. The Morgan fingerprint density at radius 1 is 1.00 bits per heavy atom. The van der Waals surface area contributed by atoms with Gasteiger partial charge in [0, 0.05) is 22.9 Å². The number of thioether (sulfide) groups is 1. The molecule has 0 fully saturated rings. The van der Waals surface area contributed by atoms with Gasteiger partial charge in [0.15, 0.2) is 5.82 Å². The zero-order valence-corrected chi connectivity index (χ0v) is 13.9. The van der Waals surface area contributed by atoms with Crippen LogP contribution in [0, 0.1) is 5.82 Å². The lowest BCUT2D eigenvalue weighted by molar-refractivity contribution is 0.639. The largest absolute Gasteiger partial charge is 0.335 e. The fourth-order valence-corrected chi connectivity index (χ4v) is 3.46. The van der Waals surface area contributed by atoms with E-state index in [2.05, 4.69) is 15.2 Å². The van der Waals surface area contributed by atoms with Crippen LogP contribution in [0.15, 0.2) is 66.0 Å². The van der Waals surface area contributed by atoms with E-state index in [1.54, 1.807) is 24.4 Å². The summed E-state index contributed by atoms with van der Waals surface area (Å²) in [6.45, 7) is 0. The Hall–Kier alpha value is -2.93. The molecule has 0 saturated heterocycles. The van der Waals surface area contributed by atoms with Gasteiger partial charge in [0.05, 0.1) is 5.52 Å². The Kier molecular flexibility index (Phi) is 4.07. The van der Waals surface area contributed by atoms with Crippen LogP contribution in [-0.2, 0) is 5.75 Å². The van der Waals surface area contributed by atoms with Gasteiger partial charge in [0.1, 0.15) is 5.82 Å². The van der Waals surface area contributed by atoms with E-state index in [9.17, 15) is 4.39 Å². The molecule has 2 aromatic carbocycles. The van der Waals surface area contributed by atoms with Crippen molar-refractivity contribution in [3.05, 3.63) is 72.2 Å². The number of rotatable bonds is 4. The second-order valence-electron chi connectivity index (χ2n) is 5.44.